The third-order valence-electron chi connectivity index (χ3n) is 2.79. The average molecular weight is 216 g/mol. The van der Waals surface area contributed by atoms with Crippen molar-refractivity contribution in [2.24, 2.45) is 5.73 Å². The molecule has 1 fully saturated rings. The number of nitrogens with two attached hydrogens (primary N) is 1. The van der Waals surface area contributed by atoms with Crippen molar-refractivity contribution in [3.8, 4) is 0 Å². The zero-order valence-electron chi connectivity index (χ0n) is 9.03. The second-order valence-electron chi connectivity index (χ2n) is 3.91. The largest absolute Gasteiger partial charge is 0.339 e. The Morgan fingerprint density at radius 2 is 2.43 bits per heavy atom. The van der Waals surface area contributed by atoms with Gasteiger partial charge in [0.2, 0.25) is 5.91 Å². The normalized spacial score (nSPS) is 23.9. The molecule has 1 aliphatic rings. The van der Waals surface area contributed by atoms with Crippen molar-refractivity contribution < 1.29 is 4.79 Å². The molecule has 0 aromatic carbocycles. The molecule has 0 saturated carbocycles. The molecule has 4 heteroatoms. The standard InChI is InChI=1S/C10H20N2OS/c1-8-4-3-6-12(8)10(13)9(11)5-7-14-2/h8-9H,3-7,11H2,1-2H3/t8?,9-/m1/s1. The predicted octanol–water partition coefficient (Wildman–Crippen LogP) is 1.08. The van der Waals surface area contributed by atoms with Gasteiger partial charge < -0.3 is 10.6 Å². The van der Waals surface area contributed by atoms with E-state index in [1.807, 2.05) is 11.2 Å². The van der Waals surface area contributed by atoms with Crippen LogP contribution in [0, 0.1) is 0 Å². The SMILES string of the molecule is CSCC[C@@H](N)C(=O)N1CCCC1C. The van der Waals surface area contributed by atoms with E-state index in [1.165, 1.54) is 0 Å². The molecule has 1 saturated heterocycles. The first-order valence-corrected chi connectivity index (χ1v) is 6.61. The van der Waals surface area contributed by atoms with Gasteiger partial charge in [-0.25, -0.2) is 0 Å². The Morgan fingerprint density at radius 1 is 1.71 bits per heavy atom. The van der Waals surface area contributed by atoms with E-state index in [0.29, 0.717) is 6.04 Å². The monoisotopic (exact) mass is 216 g/mol. The first kappa shape index (κ1) is 11.9. The lowest BCUT2D eigenvalue weighted by atomic mass is 10.2. The molecular weight excluding hydrogens is 196 g/mol. The highest BCUT2D eigenvalue weighted by Gasteiger charge is 2.28. The van der Waals surface area contributed by atoms with Crippen molar-refractivity contribution in [2.45, 2.75) is 38.3 Å². The molecule has 0 aromatic rings. The second kappa shape index (κ2) is 5.61. The van der Waals surface area contributed by atoms with Crippen LogP contribution in [0.2, 0.25) is 0 Å². The average Bonchev–Trinajstić information content (AvgIpc) is 2.59. The van der Waals surface area contributed by atoms with Crippen LogP contribution in [0.1, 0.15) is 26.2 Å². The Balaban J connectivity index is 2.39. The van der Waals surface area contributed by atoms with Crippen molar-refractivity contribution in [1.29, 1.82) is 0 Å². The van der Waals surface area contributed by atoms with Crippen molar-refractivity contribution in [3.05, 3.63) is 0 Å². The van der Waals surface area contributed by atoms with E-state index in [-0.39, 0.29) is 11.9 Å². The highest BCUT2D eigenvalue weighted by molar-refractivity contribution is 7.98. The molecule has 0 spiro atoms. The van der Waals surface area contributed by atoms with E-state index in [4.69, 9.17) is 5.73 Å². The summed E-state index contributed by atoms with van der Waals surface area (Å²) in [6, 6.07) is 0.103. The Kier molecular flexibility index (Phi) is 4.75. The molecule has 1 unspecified atom stereocenters. The fourth-order valence-corrected chi connectivity index (χ4v) is 2.33. The summed E-state index contributed by atoms with van der Waals surface area (Å²) in [4.78, 5) is 13.8. The maximum Gasteiger partial charge on any atom is 0.239 e. The molecule has 1 rings (SSSR count). The molecular formula is C10H20N2OS. The quantitative estimate of drug-likeness (QED) is 0.765. The van der Waals surface area contributed by atoms with Gasteiger partial charge in [-0.05, 0) is 38.2 Å². The van der Waals surface area contributed by atoms with E-state index in [1.54, 1.807) is 11.8 Å². The van der Waals surface area contributed by atoms with Crippen molar-refractivity contribution in [2.75, 3.05) is 18.6 Å². The summed E-state index contributed by atoms with van der Waals surface area (Å²) in [5.74, 6) is 1.11. The van der Waals surface area contributed by atoms with E-state index >= 15 is 0 Å². The van der Waals surface area contributed by atoms with Crippen molar-refractivity contribution in [1.82, 2.24) is 4.90 Å². The smallest absolute Gasteiger partial charge is 0.239 e. The number of likely N-dealkylation sites (tertiary alicyclic amines) is 1. The van der Waals surface area contributed by atoms with Crippen molar-refractivity contribution in [3.63, 3.8) is 0 Å². The summed E-state index contributed by atoms with van der Waals surface area (Å²) in [5, 5.41) is 0. The summed E-state index contributed by atoms with van der Waals surface area (Å²) in [6.07, 6.45) is 5.09. The van der Waals surface area contributed by atoms with Crippen LogP contribution in [-0.2, 0) is 4.79 Å². The van der Waals surface area contributed by atoms with Crippen LogP contribution in [-0.4, -0.2) is 41.4 Å². The molecule has 2 atom stereocenters. The van der Waals surface area contributed by atoms with Gasteiger partial charge in [-0.2, -0.15) is 11.8 Å². The molecule has 0 radical (unpaired) electrons. The summed E-state index contributed by atoms with van der Waals surface area (Å²) >= 11 is 1.74. The molecule has 0 aromatic heterocycles. The maximum atomic E-state index is 11.9. The lowest BCUT2D eigenvalue weighted by Crippen LogP contribution is -2.45. The van der Waals surface area contributed by atoms with E-state index in [9.17, 15) is 4.79 Å². The minimum Gasteiger partial charge on any atom is -0.339 e. The Morgan fingerprint density at radius 3 is 2.93 bits per heavy atom. The predicted molar refractivity (Wildman–Crippen MR) is 61.4 cm³/mol. The van der Waals surface area contributed by atoms with Gasteiger partial charge >= 0.3 is 0 Å². The number of carbonyl (C=O) groups is 1. The van der Waals surface area contributed by atoms with Gasteiger partial charge in [0, 0.05) is 12.6 Å². The van der Waals surface area contributed by atoms with Crippen LogP contribution in [0.15, 0.2) is 0 Å². The molecule has 1 heterocycles. The van der Waals surface area contributed by atoms with Crippen LogP contribution in [0.5, 0.6) is 0 Å². The van der Waals surface area contributed by atoms with Gasteiger partial charge in [-0.1, -0.05) is 0 Å². The van der Waals surface area contributed by atoms with E-state index in [0.717, 1.165) is 31.6 Å². The van der Waals surface area contributed by atoms with Gasteiger partial charge in [0.15, 0.2) is 0 Å². The third-order valence-corrected chi connectivity index (χ3v) is 3.43. The molecule has 0 bridgehead atoms. The van der Waals surface area contributed by atoms with E-state index < -0.39 is 0 Å². The number of hydrogen-bond donors (Lipinski definition) is 1. The van der Waals surface area contributed by atoms with Crippen LogP contribution in [0.4, 0.5) is 0 Å². The molecule has 0 aliphatic carbocycles. The third kappa shape index (κ3) is 2.89. The fourth-order valence-electron chi connectivity index (χ4n) is 1.84. The van der Waals surface area contributed by atoms with Crippen LogP contribution in [0.3, 0.4) is 0 Å². The first-order valence-electron chi connectivity index (χ1n) is 5.21. The molecule has 1 amide bonds. The Hall–Kier alpha value is -0.220. The van der Waals surface area contributed by atoms with Gasteiger partial charge in [0.25, 0.3) is 0 Å². The second-order valence-corrected chi connectivity index (χ2v) is 4.90. The van der Waals surface area contributed by atoms with Gasteiger partial charge in [0.05, 0.1) is 6.04 Å². The van der Waals surface area contributed by atoms with Crippen LogP contribution >= 0.6 is 11.8 Å². The zero-order chi connectivity index (χ0) is 10.6. The van der Waals surface area contributed by atoms with Crippen molar-refractivity contribution >= 4 is 17.7 Å². The fraction of sp³-hybridized carbons (Fsp3) is 0.900. The van der Waals surface area contributed by atoms with Gasteiger partial charge in [-0.3, -0.25) is 4.79 Å². The summed E-state index contributed by atoms with van der Waals surface area (Å²) in [7, 11) is 0. The molecule has 14 heavy (non-hydrogen) atoms. The van der Waals surface area contributed by atoms with Crippen LogP contribution < -0.4 is 5.73 Å². The van der Waals surface area contributed by atoms with E-state index in [2.05, 4.69) is 6.92 Å². The molecule has 3 nitrogen and oxygen atoms in total. The topological polar surface area (TPSA) is 46.3 Å². The summed E-state index contributed by atoms with van der Waals surface area (Å²) in [6.45, 7) is 3.00. The summed E-state index contributed by atoms with van der Waals surface area (Å²) in [5.41, 5.74) is 5.84. The minimum atomic E-state index is -0.289. The number of nitrogens with zero attached hydrogens (tertiary/aromatic N) is 1. The molecule has 1 aliphatic heterocycles. The first-order chi connectivity index (χ1) is 6.66. The van der Waals surface area contributed by atoms with Crippen LogP contribution in [0.25, 0.3) is 0 Å². The number of rotatable bonds is 4. The maximum absolute atomic E-state index is 11.9. The number of thioether (sulfide) groups is 1. The lowest BCUT2D eigenvalue weighted by Gasteiger charge is -2.24. The minimum absolute atomic E-state index is 0.143. The number of carbonyl (C=O) groups excluding carboxylic acids is 1. The Labute approximate surface area is 90.4 Å². The van der Waals surface area contributed by atoms with Gasteiger partial charge in [-0.15, -0.1) is 0 Å². The van der Waals surface area contributed by atoms with Gasteiger partial charge in [0.1, 0.15) is 0 Å². The highest BCUT2D eigenvalue weighted by atomic mass is 32.2. The highest BCUT2D eigenvalue weighted by Crippen LogP contribution is 2.17. The zero-order valence-corrected chi connectivity index (χ0v) is 9.85. The molecule has 82 valence electrons. The number of hydrogen-bond acceptors (Lipinski definition) is 3. The number of amides is 1. The molecule has 2 N–H and O–H groups in total. The lowest BCUT2D eigenvalue weighted by molar-refractivity contribution is -0.133. The Bertz CT molecular complexity index is 199. The summed E-state index contributed by atoms with van der Waals surface area (Å²) < 4.78 is 0.